The van der Waals surface area contributed by atoms with E-state index in [2.05, 4.69) is 10.1 Å². The average molecular weight is 223 g/mol. The third-order valence-electron chi connectivity index (χ3n) is 2.34. The van der Waals surface area contributed by atoms with Crippen molar-refractivity contribution in [1.82, 2.24) is 0 Å². The van der Waals surface area contributed by atoms with Crippen molar-refractivity contribution in [2.75, 3.05) is 32.2 Å². The van der Waals surface area contributed by atoms with E-state index in [0.717, 1.165) is 12.2 Å². The molecule has 0 unspecified atom stereocenters. The fraction of sp³-hybridized carbons (Fsp3) is 0.364. The number of ether oxygens (including phenoxy) is 1. The number of amidine groups is 1. The van der Waals surface area contributed by atoms with Gasteiger partial charge in [0.15, 0.2) is 5.84 Å². The quantitative estimate of drug-likeness (QED) is 0.336. The van der Waals surface area contributed by atoms with Gasteiger partial charge in [-0.05, 0) is 24.3 Å². The Kier molecular flexibility index (Phi) is 4.60. The highest BCUT2D eigenvalue weighted by Crippen LogP contribution is 2.13. The lowest BCUT2D eigenvalue weighted by Gasteiger charge is -2.18. The van der Waals surface area contributed by atoms with Crippen LogP contribution < -0.4 is 10.6 Å². The second-order valence-electron chi connectivity index (χ2n) is 3.45. The van der Waals surface area contributed by atoms with Gasteiger partial charge in [0.2, 0.25) is 0 Å². The van der Waals surface area contributed by atoms with Gasteiger partial charge in [-0.3, -0.25) is 0 Å². The van der Waals surface area contributed by atoms with Crippen molar-refractivity contribution in [2.24, 2.45) is 10.9 Å². The van der Waals surface area contributed by atoms with Gasteiger partial charge < -0.3 is 20.6 Å². The molecule has 1 aromatic carbocycles. The monoisotopic (exact) mass is 223 g/mol. The van der Waals surface area contributed by atoms with Gasteiger partial charge in [-0.2, -0.15) is 0 Å². The molecule has 5 heteroatoms. The Morgan fingerprint density at radius 1 is 1.44 bits per heavy atom. The molecule has 0 heterocycles. The van der Waals surface area contributed by atoms with Crippen molar-refractivity contribution >= 4 is 11.5 Å². The zero-order valence-electron chi connectivity index (χ0n) is 9.55. The number of anilines is 1. The van der Waals surface area contributed by atoms with E-state index in [1.807, 2.05) is 31.3 Å². The van der Waals surface area contributed by atoms with Crippen LogP contribution in [0.25, 0.3) is 0 Å². The average Bonchev–Trinajstić information content (AvgIpc) is 2.35. The molecule has 0 aliphatic rings. The van der Waals surface area contributed by atoms with Gasteiger partial charge in [0.05, 0.1) is 6.61 Å². The molecule has 16 heavy (non-hydrogen) atoms. The van der Waals surface area contributed by atoms with Crippen LogP contribution in [0.15, 0.2) is 29.4 Å². The van der Waals surface area contributed by atoms with Crippen LogP contribution in [0, 0.1) is 0 Å². The molecule has 1 aromatic rings. The Bertz CT molecular complexity index is 349. The maximum Gasteiger partial charge on any atom is 0.170 e. The lowest BCUT2D eigenvalue weighted by molar-refractivity contribution is 0.206. The summed E-state index contributed by atoms with van der Waals surface area (Å²) in [5.74, 6) is 0.117. The van der Waals surface area contributed by atoms with Crippen molar-refractivity contribution in [3.63, 3.8) is 0 Å². The second-order valence-corrected chi connectivity index (χ2v) is 3.45. The molecule has 5 nitrogen and oxygen atoms in total. The molecular weight excluding hydrogens is 206 g/mol. The van der Waals surface area contributed by atoms with E-state index in [0.29, 0.717) is 12.2 Å². The standard InChI is InChI=1S/C11H17N3O2/c1-14(7-8-16-2)10-5-3-9(4-6-10)11(12)13-15/h3-6,15H,7-8H2,1-2H3,(H2,12,13). The van der Waals surface area contributed by atoms with Gasteiger partial charge in [0, 0.05) is 32.0 Å². The Morgan fingerprint density at radius 3 is 2.56 bits per heavy atom. The highest BCUT2D eigenvalue weighted by molar-refractivity contribution is 5.97. The lowest BCUT2D eigenvalue weighted by Crippen LogP contribution is -2.22. The van der Waals surface area contributed by atoms with Crippen molar-refractivity contribution in [2.45, 2.75) is 0 Å². The summed E-state index contributed by atoms with van der Waals surface area (Å²) in [7, 11) is 3.66. The number of likely N-dealkylation sites (N-methyl/N-ethyl adjacent to an activating group) is 1. The normalized spacial score (nSPS) is 11.5. The Labute approximate surface area is 95.1 Å². The van der Waals surface area contributed by atoms with Crippen LogP contribution in [-0.2, 0) is 4.74 Å². The van der Waals surface area contributed by atoms with Crippen molar-refractivity contribution in [3.8, 4) is 0 Å². The zero-order chi connectivity index (χ0) is 12.0. The number of methoxy groups -OCH3 is 1. The maximum absolute atomic E-state index is 8.52. The van der Waals surface area contributed by atoms with E-state index in [1.54, 1.807) is 7.11 Å². The molecule has 0 bridgehead atoms. The van der Waals surface area contributed by atoms with Gasteiger partial charge in [0.25, 0.3) is 0 Å². The van der Waals surface area contributed by atoms with Crippen molar-refractivity contribution < 1.29 is 9.94 Å². The summed E-state index contributed by atoms with van der Waals surface area (Å²) in [4.78, 5) is 2.07. The summed E-state index contributed by atoms with van der Waals surface area (Å²) in [5.41, 5.74) is 7.23. The number of nitrogens with two attached hydrogens (primary N) is 1. The molecule has 0 radical (unpaired) electrons. The number of benzene rings is 1. The fourth-order valence-electron chi connectivity index (χ4n) is 1.30. The molecule has 0 aliphatic carbocycles. The Morgan fingerprint density at radius 2 is 2.06 bits per heavy atom. The first-order valence-corrected chi connectivity index (χ1v) is 4.97. The minimum absolute atomic E-state index is 0.117. The molecule has 0 fully saturated rings. The molecule has 0 saturated carbocycles. The molecule has 0 amide bonds. The zero-order valence-corrected chi connectivity index (χ0v) is 9.55. The number of oxime groups is 1. The van der Waals surface area contributed by atoms with Crippen molar-refractivity contribution in [1.29, 1.82) is 0 Å². The number of hydrogen-bond donors (Lipinski definition) is 2. The number of hydrogen-bond acceptors (Lipinski definition) is 4. The van der Waals surface area contributed by atoms with Crippen LogP contribution in [0.1, 0.15) is 5.56 Å². The minimum atomic E-state index is 0.117. The molecule has 0 aliphatic heterocycles. The predicted octanol–water partition coefficient (Wildman–Crippen LogP) is 0.864. The predicted molar refractivity (Wildman–Crippen MR) is 64.1 cm³/mol. The molecule has 0 saturated heterocycles. The molecule has 0 aromatic heterocycles. The summed E-state index contributed by atoms with van der Waals surface area (Å²) in [6, 6.07) is 7.47. The smallest absolute Gasteiger partial charge is 0.170 e. The first-order chi connectivity index (χ1) is 7.69. The van der Waals surface area contributed by atoms with E-state index in [4.69, 9.17) is 15.7 Å². The van der Waals surface area contributed by atoms with E-state index >= 15 is 0 Å². The summed E-state index contributed by atoms with van der Waals surface area (Å²) >= 11 is 0. The Balaban J connectivity index is 2.71. The summed E-state index contributed by atoms with van der Waals surface area (Å²) < 4.78 is 5.00. The minimum Gasteiger partial charge on any atom is -0.409 e. The third-order valence-corrected chi connectivity index (χ3v) is 2.34. The second kappa shape index (κ2) is 5.97. The van der Waals surface area contributed by atoms with Gasteiger partial charge in [-0.15, -0.1) is 0 Å². The molecule has 0 spiro atoms. The maximum atomic E-state index is 8.52. The molecule has 88 valence electrons. The van der Waals surface area contributed by atoms with E-state index in [9.17, 15) is 0 Å². The summed E-state index contributed by atoms with van der Waals surface area (Å²) in [6.45, 7) is 1.50. The SMILES string of the molecule is COCCN(C)c1ccc(/C(N)=N/O)cc1. The van der Waals surface area contributed by atoms with Crippen LogP contribution in [0.5, 0.6) is 0 Å². The van der Waals surface area contributed by atoms with Crippen LogP contribution >= 0.6 is 0 Å². The van der Waals surface area contributed by atoms with Crippen LogP contribution in [0.4, 0.5) is 5.69 Å². The van der Waals surface area contributed by atoms with E-state index in [1.165, 1.54) is 0 Å². The highest BCUT2D eigenvalue weighted by atomic mass is 16.5. The summed E-state index contributed by atoms with van der Waals surface area (Å²) in [6.07, 6.45) is 0. The third kappa shape index (κ3) is 3.13. The van der Waals surface area contributed by atoms with Crippen molar-refractivity contribution in [3.05, 3.63) is 29.8 Å². The van der Waals surface area contributed by atoms with Gasteiger partial charge in [-0.1, -0.05) is 5.16 Å². The van der Waals surface area contributed by atoms with E-state index < -0.39 is 0 Å². The van der Waals surface area contributed by atoms with E-state index in [-0.39, 0.29) is 5.84 Å². The highest BCUT2D eigenvalue weighted by Gasteiger charge is 2.02. The molecule has 0 atom stereocenters. The Hall–Kier alpha value is -1.75. The topological polar surface area (TPSA) is 71.1 Å². The lowest BCUT2D eigenvalue weighted by atomic mass is 10.2. The largest absolute Gasteiger partial charge is 0.409 e. The number of rotatable bonds is 5. The summed E-state index contributed by atoms with van der Waals surface area (Å²) in [5, 5.41) is 11.5. The van der Waals surface area contributed by atoms with Crippen LogP contribution in [-0.4, -0.2) is 38.4 Å². The first kappa shape index (κ1) is 12.3. The van der Waals surface area contributed by atoms with Gasteiger partial charge in [-0.25, -0.2) is 0 Å². The molecule has 1 rings (SSSR count). The van der Waals surface area contributed by atoms with Gasteiger partial charge >= 0.3 is 0 Å². The first-order valence-electron chi connectivity index (χ1n) is 4.97. The fourth-order valence-corrected chi connectivity index (χ4v) is 1.30. The molecule has 3 N–H and O–H groups in total. The number of nitrogens with zero attached hydrogens (tertiary/aromatic N) is 2. The van der Waals surface area contributed by atoms with Crippen LogP contribution in [0.3, 0.4) is 0 Å². The van der Waals surface area contributed by atoms with Crippen LogP contribution in [0.2, 0.25) is 0 Å². The van der Waals surface area contributed by atoms with Gasteiger partial charge in [0.1, 0.15) is 0 Å². The molecular formula is C11H17N3O2.